The Morgan fingerprint density at radius 1 is 0.658 bits per heavy atom. The highest BCUT2D eigenvalue weighted by atomic mass is 16.2. The van der Waals surface area contributed by atoms with E-state index >= 15 is 0 Å². The van der Waals surface area contributed by atoms with Gasteiger partial charge >= 0.3 is 0 Å². The van der Waals surface area contributed by atoms with E-state index in [0.29, 0.717) is 25.9 Å². The molecule has 0 unspecified atom stereocenters. The molecule has 2 amide bonds. The van der Waals surface area contributed by atoms with Crippen LogP contribution in [0.2, 0.25) is 0 Å². The first kappa shape index (κ1) is 32.8. The molecule has 0 N–H and O–H groups in total. The van der Waals surface area contributed by atoms with Gasteiger partial charge in [0.15, 0.2) is 5.78 Å². The Balaban J connectivity index is 2.19. The number of hydrogen-bond donors (Lipinski definition) is 0. The van der Waals surface area contributed by atoms with E-state index < -0.39 is 0 Å². The second-order valence-electron chi connectivity index (χ2n) is 9.64. The van der Waals surface area contributed by atoms with E-state index in [1.807, 2.05) is 18.7 Å². The number of rotatable bonds is 16. The Morgan fingerprint density at radius 2 is 1.08 bits per heavy atom. The standard InChI is InChI=1S/C33H48N2O3/c1-5-6-7-8-9-10-11-12-13-14-15-16-17-18-19-20-21-22-23-24-32(37)34-27-29(2)35(30(3)28-34)33(38)26-25-31(4)36/h6-7,9-10,12-13,15-16,18-19,21-22,25-26,29-30H,5,8,11,14,17,20,23-24,27-28H2,1-4H3/b7-6-,10-9-,13-12-,16-15-,19-18-,22-21-,26-25+/t29-,30+. The van der Waals surface area contributed by atoms with Crippen molar-refractivity contribution in [2.75, 3.05) is 13.1 Å². The molecule has 0 bridgehead atoms. The van der Waals surface area contributed by atoms with Crippen LogP contribution in [0.5, 0.6) is 0 Å². The Bertz CT molecular complexity index is 909. The maximum atomic E-state index is 12.7. The molecule has 208 valence electrons. The molecule has 0 aromatic rings. The summed E-state index contributed by atoms with van der Waals surface area (Å²) in [6.45, 7) is 8.50. The molecule has 0 aromatic heterocycles. The zero-order chi connectivity index (χ0) is 28.0. The number of amides is 2. The van der Waals surface area contributed by atoms with Crippen LogP contribution < -0.4 is 0 Å². The van der Waals surface area contributed by atoms with Crippen LogP contribution >= 0.6 is 0 Å². The monoisotopic (exact) mass is 520 g/mol. The molecule has 1 saturated heterocycles. The lowest BCUT2D eigenvalue weighted by Crippen LogP contribution is -2.59. The summed E-state index contributed by atoms with van der Waals surface area (Å²) < 4.78 is 0. The summed E-state index contributed by atoms with van der Waals surface area (Å²) in [7, 11) is 0. The molecule has 1 aliphatic rings. The third-order valence-corrected chi connectivity index (χ3v) is 6.11. The van der Waals surface area contributed by atoms with Gasteiger partial charge in [-0.2, -0.15) is 0 Å². The number of nitrogens with zero attached hydrogens (tertiary/aromatic N) is 2. The molecular formula is C33H48N2O3. The molecule has 1 fully saturated rings. The van der Waals surface area contributed by atoms with E-state index in [-0.39, 0.29) is 29.7 Å². The van der Waals surface area contributed by atoms with Crippen LogP contribution in [-0.2, 0) is 14.4 Å². The van der Waals surface area contributed by atoms with Crippen molar-refractivity contribution < 1.29 is 14.4 Å². The molecule has 2 atom stereocenters. The fourth-order valence-electron chi connectivity index (χ4n) is 4.24. The summed E-state index contributed by atoms with van der Waals surface area (Å²) in [5, 5.41) is 0. The summed E-state index contributed by atoms with van der Waals surface area (Å²) in [6.07, 6.45) is 35.7. The largest absolute Gasteiger partial charge is 0.339 e. The number of piperazine rings is 1. The molecule has 5 nitrogen and oxygen atoms in total. The van der Waals surface area contributed by atoms with Crippen LogP contribution in [0.4, 0.5) is 0 Å². The lowest BCUT2D eigenvalue weighted by molar-refractivity contribution is -0.143. The van der Waals surface area contributed by atoms with Gasteiger partial charge in [-0.05, 0) is 71.8 Å². The Morgan fingerprint density at radius 3 is 1.50 bits per heavy atom. The fourth-order valence-corrected chi connectivity index (χ4v) is 4.24. The van der Waals surface area contributed by atoms with E-state index in [1.54, 1.807) is 4.90 Å². The first-order valence-corrected chi connectivity index (χ1v) is 14.0. The van der Waals surface area contributed by atoms with Crippen molar-refractivity contribution in [3.8, 4) is 0 Å². The van der Waals surface area contributed by atoms with Gasteiger partial charge in [0.1, 0.15) is 0 Å². The van der Waals surface area contributed by atoms with Crippen molar-refractivity contribution in [3.05, 3.63) is 85.1 Å². The third kappa shape index (κ3) is 15.1. The molecule has 1 heterocycles. The summed E-state index contributed by atoms with van der Waals surface area (Å²) in [4.78, 5) is 39.8. The fraction of sp³-hybridized carbons (Fsp3) is 0.485. The maximum absolute atomic E-state index is 12.7. The first-order valence-electron chi connectivity index (χ1n) is 14.0. The average Bonchev–Trinajstić information content (AvgIpc) is 2.88. The van der Waals surface area contributed by atoms with Gasteiger partial charge in [-0.3, -0.25) is 14.4 Å². The van der Waals surface area contributed by atoms with E-state index in [0.717, 1.165) is 38.5 Å². The summed E-state index contributed by atoms with van der Waals surface area (Å²) in [5.74, 6) is -0.207. The first-order chi connectivity index (χ1) is 18.4. The minimum Gasteiger partial charge on any atom is -0.339 e. The van der Waals surface area contributed by atoms with Crippen molar-refractivity contribution >= 4 is 17.6 Å². The molecule has 0 spiro atoms. The zero-order valence-corrected chi connectivity index (χ0v) is 23.9. The molecule has 0 radical (unpaired) electrons. The van der Waals surface area contributed by atoms with Crippen molar-refractivity contribution in [3.63, 3.8) is 0 Å². The van der Waals surface area contributed by atoms with Crippen molar-refractivity contribution in [1.29, 1.82) is 0 Å². The Kier molecular flexibility index (Phi) is 18.0. The average molecular weight is 521 g/mol. The number of allylic oxidation sites excluding steroid dienone is 13. The highest BCUT2D eigenvalue weighted by molar-refractivity contribution is 5.97. The molecular weight excluding hydrogens is 472 g/mol. The van der Waals surface area contributed by atoms with Crippen molar-refractivity contribution in [1.82, 2.24) is 9.80 Å². The predicted molar refractivity (Wildman–Crippen MR) is 160 cm³/mol. The predicted octanol–water partition coefficient (Wildman–Crippen LogP) is 7.06. The summed E-state index contributed by atoms with van der Waals surface area (Å²) >= 11 is 0. The number of ketones is 1. The van der Waals surface area contributed by atoms with E-state index in [9.17, 15) is 14.4 Å². The van der Waals surface area contributed by atoms with Gasteiger partial charge in [0.2, 0.25) is 11.8 Å². The molecule has 38 heavy (non-hydrogen) atoms. The second kappa shape index (κ2) is 20.8. The second-order valence-corrected chi connectivity index (χ2v) is 9.64. The Labute approximate surface area is 231 Å². The van der Waals surface area contributed by atoms with E-state index in [1.165, 1.54) is 19.1 Å². The molecule has 0 saturated carbocycles. The number of carbonyl (C=O) groups is 3. The van der Waals surface area contributed by atoms with Crippen molar-refractivity contribution in [2.45, 2.75) is 91.1 Å². The van der Waals surface area contributed by atoms with Crippen LogP contribution in [0.3, 0.4) is 0 Å². The topological polar surface area (TPSA) is 57.7 Å². The minimum absolute atomic E-state index is 0.0855. The Hall–Kier alpha value is -3.21. The van der Waals surface area contributed by atoms with Crippen LogP contribution in [0, 0.1) is 0 Å². The lowest BCUT2D eigenvalue weighted by atomic mass is 10.1. The molecule has 5 heteroatoms. The summed E-state index contributed by atoms with van der Waals surface area (Å²) in [5.41, 5.74) is 0. The molecule has 1 rings (SSSR count). The van der Waals surface area contributed by atoms with Gasteiger partial charge in [0.05, 0.1) is 0 Å². The quantitative estimate of drug-likeness (QED) is 0.162. The SMILES string of the molecule is CC/C=C\C/C=C\C/C=C\C/C=C\C/C=C\C/C=C\CCC(=O)N1C[C@@H](C)N(C(=O)/C=C/C(C)=O)[C@@H](C)C1. The van der Waals surface area contributed by atoms with Gasteiger partial charge in [-0.15, -0.1) is 0 Å². The van der Waals surface area contributed by atoms with Crippen LogP contribution in [0.1, 0.15) is 79.1 Å². The summed E-state index contributed by atoms with van der Waals surface area (Å²) in [6, 6.07) is -0.171. The minimum atomic E-state index is -0.176. The molecule has 0 aromatic carbocycles. The smallest absolute Gasteiger partial charge is 0.247 e. The highest BCUT2D eigenvalue weighted by Gasteiger charge is 2.33. The van der Waals surface area contributed by atoms with Crippen LogP contribution in [-0.4, -0.2) is 52.6 Å². The molecule has 1 aliphatic heterocycles. The van der Waals surface area contributed by atoms with Gasteiger partial charge in [-0.1, -0.05) is 79.8 Å². The third-order valence-electron chi connectivity index (χ3n) is 6.11. The van der Waals surface area contributed by atoms with Crippen LogP contribution in [0.25, 0.3) is 0 Å². The zero-order valence-electron chi connectivity index (χ0n) is 23.9. The maximum Gasteiger partial charge on any atom is 0.247 e. The normalized spacial score (nSPS) is 19.2. The van der Waals surface area contributed by atoms with Gasteiger partial charge in [0.25, 0.3) is 0 Å². The number of hydrogen-bond acceptors (Lipinski definition) is 3. The number of carbonyl (C=O) groups excluding carboxylic acids is 3. The van der Waals surface area contributed by atoms with E-state index in [4.69, 9.17) is 0 Å². The van der Waals surface area contributed by atoms with Gasteiger partial charge in [0, 0.05) is 37.7 Å². The molecule has 0 aliphatic carbocycles. The lowest BCUT2D eigenvalue weighted by Gasteiger charge is -2.44. The van der Waals surface area contributed by atoms with Crippen LogP contribution in [0.15, 0.2) is 85.1 Å². The van der Waals surface area contributed by atoms with E-state index in [2.05, 4.69) is 79.8 Å². The van der Waals surface area contributed by atoms with Crippen molar-refractivity contribution in [2.24, 2.45) is 0 Å². The van der Waals surface area contributed by atoms with Gasteiger partial charge in [-0.25, -0.2) is 0 Å². The van der Waals surface area contributed by atoms with Gasteiger partial charge < -0.3 is 9.80 Å². The highest BCUT2D eigenvalue weighted by Crippen LogP contribution is 2.18.